The molecule has 2 aromatic rings. The molecule has 10 atom stereocenters. The molecule has 0 aliphatic heterocycles. The van der Waals surface area contributed by atoms with Gasteiger partial charge in [-0.3, -0.25) is 9.59 Å². The van der Waals surface area contributed by atoms with Crippen molar-refractivity contribution in [2.75, 3.05) is 0 Å². The minimum atomic E-state index is -0.156. The summed E-state index contributed by atoms with van der Waals surface area (Å²) in [6, 6.07) is 21.5. The molecule has 0 saturated heterocycles. The zero-order valence-corrected chi connectivity index (χ0v) is 27.5. The van der Waals surface area contributed by atoms with Gasteiger partial charge in [0.15, 0.2) is 0 Å². The summed E-state index contributed by atoms with van der Waals surface area (Å²) in [4.78, 5) is 24.4. The van der Waals surface area contributed by atoms with Gasteiger partial charge in [0.2, 0.25) is 0 Å². The van der Waals surface area contributed by atoms with Crippen LogP contribution in [0.25, 0.3) is 5.57 Å². The van der Waals surface area contributed by atoms with E-state index in [-0.39, 0.29) is 35.0 Å². The lowest BCUT2D eigenvalue weighted by atomic mass is 9.43. The van der Waals surface area contributed by atoms with Crippen LogP contribution in [0.3, 0.4) is 0 Å². The van der Waals surface area contributed by atoms with E-state index >= 15 is 0 Å². The van der Waals surface area contributed by atoms with E-state index in [1.54, 1.807) is 6.92 Å². The van der Waals surface area contributed by atoms with E-state index in [1.165, 1.54) is 49.3 Å². The van der Waals surface area contributed by atoms with E-state index in [9.17, 15) is 9.59 Å². The Balaban J connectivity index is 1.26. The molecule has 4 fully saturated rings. The lowest BCUT2D eigenvalue weighted by molar-refractivity contribution is -0.197. The second-order valence-corrected chi connectivity index (χ2v) is 15.1. The molecule has 0 aromatic heterocycles. The van der Waals surface area contributed by atoms with Crippen LogP contribution < -0.4 is 0 Å². The van der Waals surface area contributed by atoms with Crippen LogP contribution in [-0.2, 0) is 19.1 Å². The van der Waals surface area contributed by atoms with Gasteiger partial charge in [-0.25, -0.2) is 0 Å². The first-order valence-electron chi connectivity index (χ1n) is 17.3. The molecule has 4 aliphatic rings. The number of carbonyl (C=O) groups is 2. The standard InChI is InChI=1S/C40H52O4/c1-26(16-18-33(29-12-8-6-9-13-29)30-14-10-7-11-15-30)35-20-21-36-34-19-17-31-24-32(43-27(2)41)22-23-39(31,4)37(34)25-38(40(35,36)5)44-28(3)42/h6-15,18,26,31-32,34-38H,16-17,19-25H2,1-5H3/t26-,31+,32-,34-,35+,36-,37-,38-,39-,40+/m0/s1. The zero-order valence-electron chi connectivity index (χ0n) is 27.5. The predicted molar refractivity (Wildman–Crippen MR) is 175 cm³/mol. The van der Waals surface area contributed by atoms with E-state index < -0.39 is 0 Å². The first-order chi connectivity index (χ1) is 21.1. The first kappa shape index (κ1) is 31.1. The Bertz CT molecular complexity index is 1310. The molecule has 6 rings (SSSR count). The maximum absolute atomic E-state index is 12.6. The molecule has 44 heavy (non-hydrogen) atoms. The minimum absolute atomic E-state index is 0.0160. The van der Waals surface area contributed by atoms with E-state index in [2.05, 4.69) is 87.5 Å². The lowest BCUT2D eigenvalue weighted by Gasteiger charge is -2.62. The second-order valence-electron chi connectivity index (χ2n) is 15.1. The maximum atomic E-state index is 12.6. The fraction of sp³-hybridized carbons (Fsp3) is 0.600. The predicted octanol–water partition coefficient (Wildman–Crippen LogP) is 9.28. The van der Waals surface area contributed by atoms with Gasteiger partial charge in [-0.1, -0.05) is 87.5 Å². The van der Waals surface area contributed by atoms with Crippen LogP contribution in [-0.4, -0.2) is 24.1 Å². The molecule has 0 spiro atoms. The summed E-state index contributed by atoms with van der Waals surface area (Å²) in [7, 11) is 0. The van der Waals surface area contributed by atoms with Gasteiger partial charge in [0, 0.05) is 19.3 Å². The van der Waals surface area contributed by atoms with Crippen molar-refractivity contribution in [3.8, 4) is 0 Å². The number of esters is 2. The van der Waals surface area contributed by atoms with E-state index in [0.29, 0.717) is 35.5 Å². The fourth-order valence-corrected chi connectivity index (χ4v) is 10.9. The molecule has 4 aliphatic carbocycles. The summed E-state index contributed by atoms with van der Waals surface area (Å²) >= 11 is 0. The molecule has 4 heteroatoms. The highest BCUT2D eigenvalue weighted by atomic mass is 16.5. The zero-order chi connectivity index (χ0) is 31.1. The van der Waals surface area contributed by atoms with Crippen molar-refractivity contribution in [3.05, 3.63) is 77.9 Å². The van der Waals surface area contributed by atoms with Gasteiger partial charge in [-0.15, -0.1) is 0 Å². The number of hydrogen-bond acceptors (Lipinski definition) is 4. The Labute approximate surface area is 265 Å². The van der Waals surface area contributed by atoms with Crippen molar-refractivity contribution >= 4 is 17.5 Å². The topological polar surface area (TPSA) is 52.6 Å². The number of carbonyl (C=O) groups excluding carboxylic acids is 2. The monoisotopic (exact) mass is 596 g/mol. The van der Waals surface area contributed by atoms with Gasteiger partial charge in [0.1, 0.15) is 12.2 Å². The first-order valence-corrected chi connectivity index (χ1v) is 17.3. The lowest BCUT2D eigenvalue weighted by Crippen LogP contribution is -2.59. The Kier molecular flexibility index (Phi) is 8.83. The Hall–Kier alpha value is -2.88. The molecule has 236 valence electrons. The van der Waals surface area contributed by atoms with Gasteiger partial charge in [0.05, 0.1) is 0 Å². The van der Waals surface area contributed by atoms with Crippen molar-refractivity contribution in [1.82, 2.24) is 0 Å². The van der Waals surface area contributed by atoms with Crippen molar-refractivity contribution < 1.29 is 19.1 Å². The second kappa shape index (κ2) is 12.5. The quantitative estimate of drug-likeness (QED) is 0.299. The van der Waals surface area contributed by atoms with Crippen molar-refractivity contribution in [3.63, 3.8) is 0 Å². The summed E-state index contributed by atoms with van der Waals surface area (Å²) in [6.07, 6.45) is 12.4. The SMILES string of the molecule is CC(=O)O[C@H]1CC[C@@]2(C)[C@H](CC[C@@H]3[C@@H]2C[C@H](OC(C)=O)[C@]2(C)[C@@H]([C@@H](C)CC=C(c4ccccc4)c4ccccc4)CC[C@@H]32)C1. The Morgan fingerprint density at radius 1 is 0.818 bits per heavy atom. The van der Waals surface area contributed by atoms with Crippen LogP contribution in [0.1, 0.15) is 104 Å². The van der Waals surface area contributed by atoms with Crippen LogP contribution in [0, 0.1) is 46.3 Å². The van der Waals surface area contributed by atoms with Gasteiger partial charge < -0.3 is 9.47 Å². The number of benzene rings is 2. The van der Waals surface area contributed by atoms with Gasteiger partial charge in [0.25, 0.3) is 0 Å². The summed E-state index contributed by atoms with van der Waals surface area (Å²) in [5.41, 5.74) is 4.01. The molecular weight excluding hydrogens is 544 g/mol. The number of fused-ring (bicyclic) bond motifs is 5. The van der Waals surface area contributed by atoms with Crippen molar-refractivity contribution in [2.45, 2.75) is 105 Å². The highest BCUT2D eigenvalue weighted by Gasteiger charge is 2.65. The molecule has 0 N–H and O–H groups in total. The molecule has 4 nitrogen and oxygen atoms in total. The maximum Gasteiger partial charge on any atom is 0.302 e. The smallest absolute Gasteiger partial charge is 0.302 e. The summed E-state index contributed by atoms with van der Waals surface area (Å²) < 4.78 is 12.1. The fourth-order valence-electron chi connectivity index (χ4n) is 10.9. The average molecular weight is 597 g/mol. The third kappa shape index (κ3) is 5.67. The molecule has 4 saturated carbocycles. The van der Waals surface area contributed by atoms with Gasteiger partial charge in [-0.05, 0) is 115 Å². The Morgan fingerprint density at radius 3 is 2.07 bits per heavy atom. The van der Waals surface area contributed by atoms with Crippen molar-refractivity contribution in [2.24, 2.45) is 46.3 Å². The third-order valence-electron chi connectivity index (χ3n) is 13.0. The van der Waals surface area contributed by atoms with Crippen LogP contribution in [0.4, 0.5) is 0 Å². The molecule has 0 heterocycles. The summed E-state index contributed by atoms with van der Waals surface area (Å²) in [5, 5.41) is 0. The average Bonchev–Trinajstić information content (AvgIpc) is 3.37. The van der Waals surface area contributed by atoms with Crippen molar-refractivity contribution in [1.29, 1.82) is 0 Å². The normalized spacial score (nSPS) is 36.6. The molecule has 0 radical (unpaired) electrons. The minimum Gasteiger partial charge on any atom is -0.463 e. The van der Waals surface area contributed by atoms with Gasteiger partial charge in [-0.2, -0.15) is 0 Å². The molecule has 0 bridgehead atoms. The van der Waals surface area contributed by atoms with E-state index in [4.69, 9.17) is 9.47 Å². The van der Waals surface area contributed by atoms with E-state index in [0.717, 1.165) is 32.1 Å². The van der Waals surface area contributed by atoms with Crippen LogP contribution in [0.5, 0.6) is 0 Å². The number of allylic oxidation sites excluding steroid dienone is 1. The van der Waals surface area contributed by atoms with Crippen LogP contribution in [0.2, 0.25) is 0 Å². The highest BCUT2D eigenvalue weighted by molar-refractivity contribution is 5.79. The van der Waals surface area contributed by atoms with Crippen LogP contribution >= 0.6 is 0 Å². The molecule has 0 amide bonds. The molecule has 0 unspecified atom stereocenters. The van der Waals surface area contributed by atoms with Gasteiger partial charge >= 0.3 is 11.9 Å². The third-order valence-corrected chi connectivity index (χ3v) is 13.0. The Morgan fingerprint density at radius 2 is 1.45 bits per heavy atom. The number of hydrogen-bond donors (Lipinski definition) is 0. The molecular formula is C40H52O4. The number of ether oxygens (including phenoxy) is 2. The highest BCUT2D eigenvalue weighted by Crippen LogP contribution is 2.69. The summed E-state index contributed by atoms with van der Waals surface area (Å²) in [5.74, 6) is 3.07. The summed E-state index contributed by atoms with van der Waals surface area (Å²) in [6.45, 7) is 10.6. The largest absolute Gasteiger partial charge is 0.463 e. The number of rotatable bonds is 7. The van der Waals surface area contributed by atoms with E-state index in [1.807, 2.05) is 0 Å². The van der Waals surface area contributed by atoms with Crippen LogP contribution in [0.15, 0.2) is 66.7 Å². The molecule has 2 aromatic carbocycles.